The van der Waals surface area contributed by atoms with Crippen molar-refractivity contribution in [2.24, 2.45) is 0 Å². The highest BCUT2D eigenvalue weighted by Gasteiger charge is 2.22. The van der Waals surface area contributed by atoms with Gasteiger partial charge in [0.1, 0.15) is 11.4 Å². The number of rotatable bonds is 5. The van der Waals surface area contributed by atoms with Crippen molar-refractivity contribution in [2.45, 2.75) is 25.4 Å². The molecule has 0 bridgehead atoms. The number of hydrogen-bond acceptors (Lipinski definition) is 3. The van der Waals surface area contributed by atoms with Crippen LogP contribution < -0.4 is 10.1 Å². The zero-order valence-electron chi connectivity index (χ0n) is 15.6. The Bertz CT molecular complexity index is 912. The van der Waals surface area contributed by atoms with Crippen LogP contribution in [-0.4, -0.2) is 42.0 Å². The summed E-state index contributed by atoms with van der Waals surface area (Å²) in [6, 6.07) is 18.4. The van der Waals surface area contributed by atoms with E-state index < -0.39 is 0 Å². The third-order valence-corrected chi connectivity index (χ3v) is 5.26. The molecule has 27 heavy (non-hydrogen) atoms. The Morgan fingerprint density at radius 1 is 1.15 bits per heavy atom. The van der Waals surface area contributed by atoms with Gasteiger partial charge in [-0.15, -0.1) is 0 Å². The molecule has 2 aromatic carbocycles. The minimum Gasteiger partial charge on any atom is -0.496 e. The number of H-pyrrole nitrogens is 1. The zero-order valence-corrected chi connectivity index (χ0v) is 15.6. The van der Waals surface area contributed by atoms with Gasteiger partial charge in [-0.25, -0.2) is 0 Å². The number of piperidine rings is 1. The molecule has 0 spiro atoms. The molecule has 1 aliphatic rings. The molecule has 1 aliphatic heterocycles. The molecule has 0 unspecified atom stereocenters. The Hall–Kier alpha value is -2.79. The molecule has 1 aromatic heterocycles. The van der Waals surface area contributed by atoms with E-state index in [1.165, 1.54) is 5.56 Å². The van der Waals surface area contributed by atoms with E-state index in [1.54, 1.807) is 7.11 Å². The fraction of sp³-hybridized carbons (Fsp3) is 0.318. The SMILES string of the molecule is COc1cccc2[nH]c(C(=O)NC3CCN(Cc4ccccc4)CC3)cc12. The largest absolute Gasteiger partial charge is 0.496 e. The molecule has 2 N–H and O–H groups in total. The van der Waals surface area contributed by atoms with Crippen molar-refractivity contribution in [1.29, 1.82) is 0 Å². The summed E-state index contributed by atoms with van der Waals surface area (Å²) >= 11 is 0. The van der Waals surface area contributed by atoms with Crippen LogP contribution in [0, 0.1) is 0 Å². The number of carbonyl (C=O) groups excluding carboxylic acids is 1. The maximum Gasteiger partial charge on any atom is 0.267 e. The van der Waals surface area contributed by atoms with Gasteiger partial charge in [0.05, 0.1) is 7.11 Å². The Kier molecular flexibility index (Phi) is 5.12. The summed E-state index contributed by atoms with van der Waals surface area (Å²) in [5, 5.41) is 4.11. The van der Waals surface area contributed by atoms with Crippen LogP contribution >= 0.6 is 0 Å². The predicted molar refractivity (Wildman–Crippen MR) is 107 cm³/mol. The molecule has 0 radical (unpaired) electrons. The van der Waals surface area contributed by atoms with Crippen LogP contribution in [0.15, 0.2) is 54.6 Å². The lowest BCUT2D eigenvalue weighted by Crippen LogP contribution is -2.44. The van der Waals surface area contributed by atoms with E-state index in [0.717, 1.165) is 49.1 Å². The highest BCUT2D eigenvalue weighted by Crippen LogP contribution is 2.26. The number of hydrogen-bond donors (Lipinski definition) is 2. The van der Waals surface area contributed by atoms with Gasteiger partial charge >= 0.3 is 0 Å². The number of carbonyl (C=O) groups is 1. The number of likely N-dealkylation sites (tertiary alicyclic amines) is 1. The standard InChI is InChI=1S/C22H25N3O2/c1-27-21-9-5-8-19-18(21)14-20(24-19)22(26)23-17-10-12-25(13-11-17)15-16-6-3-2-4-7-16/h2-9,14,17,24H,10-13,15H2,1H3,(H,23,26). The zero-order chi connectivity index (χ0) is 18.6. The van der Waals surface area contributed by atoms with Gasteiger partial charge in [0.25, 0.3) is 5.91 Å². The van der Waals surface area contributed by atoms with E-state index in [0.29, 0.717) is 5.69 Å². The number of aromatic amines is 1. The predicted octanol–water partition coefficient (Wildman–Crippen LogP) is 3.57. The van der Waals surface area contributed by atoms with Crippen molar-refractivity contribution in [3.05, 3.63) is 65.9 Å². The summed E-state index contributed by atoms with van der Waals surface area (Å²) in [6.07, 6.45) is 1.95. The minimum absolute atomic E-state index is 0.0465. The van der Waals surface area contributed by atoms with E-state index in [-0.39, 0.29) is 11.9 Å². The Balaban J connectivity index is 1.34. The van der Waals surface area contributed by atoms with Crippen LogP contribution in [0.4, 0.5) is 0 Å². The molecule has 5 nitrogen and oxygen atoms in total. The summed E-state index contributed by atoms with van der Waals surface area (Å²) in [5.74, 6) is 0.729. The summed E-state index contributed by atoms with van der Waals surface area (Å²) in [6.45, 7) is 2.98. The molecule has 1 fully saturated rings. The van der Waals surface area contributed by atoms with Crippen molar-refractivity contribution >= 4 is 16.8 Å². The molecule has 3 aromatic rings. The van der Waals surface area contributed by atoms with E-state index in [4.69, 9.17) is 4.74 Å². The van der Waals surface area contributed by atoms with Crippen molar-refractivity contribution in [3.8, 4) is 5.75 Å². The van der Waals surface area contributed by atoms with Gasteiger partial charge < -0.3 is 15.0 Å². The third-order valence-electron chi connectivity index (χ3n) is 5.26. The first-order valence-corrected chi connectivity index (χ1v) is 9.46. The van der Waals surface area contributed by atoms with Crippen molar-refractivity contribution in [3.63, 3.8) is 0 Å². The van der Waals surface area contributed by atoms with Crippen LogP contribution in [0.3, 0.4) is 0 Å². The Labute approximate surface area is 159 Å². The maximum absolute atomic E-state index is 12.7. The molecular formula is C22H25N3O2. The lowest BCUT2D eigenvalue weighted by molar-refractivity contribution is 0.0904. The molecule has 4 rings (SSSR count). The van der Waals surface area contributed by atoms with Crippen LogP contribution in [-0.2, 0) is 6.54 Å². The second-order valence-electron chi connectivity index (χ2n) is 7.11. The van der Waals surface area contributed by atoms with Crippen molar-refractivity contribution in [1.82, 2.24) is 15.2 Å². The van der Waals surface area contributed by atoms with E-state index in [9.17, 15) is 4.79 Å². The normalized spacial score (nSPS) is 15.7. The maximum atomic E-state index is 12.7. The van der Waals surface area contributed by atoms with E-state index >= 15 is 0 Å². The second kappa shape index (κ2) is 7.84. The summed E-state index contributed by atoms with van der Waals surface area (Å²) in [7, 11) is 1.64. The lowest BCUT2D eigenvalue weighted by atomic mass is 10.0. The first-order chi connectivity index (χ1) is 13.2. The smallest absolute Gasteiger partial charge is 0.267 e. The number of aromatic nitrogens is 1. The lowest BCUT2D eigenvalue weighted by Gasteiger charge is -2.32. The van der Waals surface area contributed by atoms with Gasteiger partial charge in [-0.2, -0.15) is 0 Å². The summed E-state index contributed by atoms with van der Waals surface area (Å²) in [4.78, 5) is 18.3. The molecule has 140 valence electrons. The molecule has 5 heteroatoms. The van der Waals surface area contributed by atoms with Crippen LogP contribution in [0.25, 0.3) is 10.9 Å². The van der Waals surface area contributed by atoms with Gasteiger partial charge in [0, 0.05) is 36.6 Å². The fourth-order valence-corrected chi connectivity index (χ4v) is 3.77. The number of fused-ring (bicyclic) bond motifs is 1. The summed E-state index contributed by atoms with van der Waals surface area (Å²) in [5.41, 5.74) is 2.84. The first kappa shape index (κ1) is 17.6. The average Bonchev–Trinajstić information content (AvgIpc) is 3.15. The van der Waals surface area contributed by atoms with Crippen LogP contribution in [0.1, 0.15) is 28.9 Å². The quantitative estimate of drug-likeness (QED) is 0.729. The second-order valence-corrected chi connectivity index (χ2v) is 7.11. The van der Waals surface area contributed by atoms with Gasteiger partial charge in [0.2, 0.25) is 0 Å². The number of amides is 1. The summed E-state index contributed by atoms with van der Waals surface area (Å²) < 4.78 is 5.37. The van der Waals surface area contributed by atoms with Gasteiger partial charge in [-0.3, -0.25) is 9.69 Å². The molecular weight excluding hydrogens is 338 g/mol. The molecule has 1 amide bonds. The Morgan fingerprint density at radius 3 is 2.67 bits per heavy atom. The Morgan fingerprint density at radius 2 is 1.93 bits per heavy atom. The molecule has 1 saturated heterocycles. The number of methoxy groups -OCH3 is 1. The van der Waals surface area contributed by atoms with Gasteiger partial charge in [-0.1, -0.05) is 36.4 Å². The monoisotopic (exact) mass is 363 g/mol. The van der Waals surface area contributed by atoms with E-state index in [2.05, 4.69) is 39.5 Å². The highest BCUT2D eigenvalue weighted by atomic mass is 16.5. The molecule has 0 aliphatic carbocycles. The molecule has 2 heterocycles. The highest BCUT2D eigenvalue weighted by molar-refractivity contribution is 5.99. The average molecular weight is 363 g/mol. The van der Waals surface area contributed by atoms with E-state index in [1.807, 2.05) is 30.3 Å². The van der Waals surface area contributed by atoms with Crippen LogP contribution in [0.5, 0.6) is 5.75 Å². The first-order valence-electron chi connectivity index (χ1n) is 9.46. The minimum atomic E-state index is -0.0465. The fourth-order valence-electron chi connectivity index (χ4n) is 3.77. The van der Waals surface area contributed by atoms with Crippen molar-refractivity contribution < 1.29 is 9.53 Å². The number of benzene rings is 2. The van der Waals surface area contributed by atoms with Gasteiger partial charge in [0.15, 0.2) is 0 Å². The molecule has 0 atom stereocenters. The number of nitrogens with one attached hydrogen (secondary N) is 2. The topological polar surface area (TPSA) is 57.4 Å². The third kappa shape index (κ3) is 3.98. The van der Waals surface area contributed by atoms with Gasteiger partial charge in [-0.05, 0) is 36.6 Å². The van der Waals surface area contributed by atoms with Crippen molar-refractivity contribution in [2.75, 3.05) is 20.2 Å². The number of nitrogens with zero attached hydrogens (tertiary/aromatic N) is 1. The molecule has 0 saturated carbocycles. The van der Waals surface area contributed by atoms with Crippen LogP contribution in [0.2, 0.25) is 0 Å². The number of ether oxygens (including phenoxy) is 1.